The van der Waals surface area contributed by atoms with E-state index in [2.05, 4.69) is 6.92 Å². The van der Waals surface area contributed by atoms with Crippen LogP contribution < -0.4 is 5.30 Å². The molecular formula is C12H19O3P. The second-order valence-electron chi connectivity index (χ2n) is 3.71. The largest absolute Gasteiger partial charge is 0.358 e. The number of rotatable bonds is 6. The van der Waals surface area contributed by atoms with Crippen LogP contribution in [0.3, 0.4) is 0 Å². The van der Waals surface area contributed by atoms with Gasteiger partial charge in [0.25, 0.3) is 0 Å². The molecule has 0 bridgehead atoms. The summed E-state index contributed by atoms with van der Waals surface area (Å²) >= 11 is 0. The molecule has 0 amide bonds. The predicted molar refractivity (Wildman–Crippen MR) is 66.1 cm³/mol. The molecule has 0 aliphatic heterocycles. The Hall–Kier alpha value is -0.630. The number of hydrogen-bond acceptors (Lipinski definition) is 2. The lowest BCUT2D eigenvalue weighted by Crippen LogP contribution is -2.07. The molecule has 0 saturated carbocycles. The maximum atomic E-state index is 11.7. The molecule has 0 radical (unpaired) electrons. The molecular weight excluding hydrogens is 223 g/mol. The van der Waals surface area contributed by atoms with Crippen LogP contribution in [0.25, 0.3) is 0 Å². The molecule has 1 N–H and O–H groups in total. The van der Waals surface area contributed by atoms with E-state index in [-0.39, 0.29) is 6.61 Å². The first-order chi connectivity index (χ1) is 7.60. The van der Waals surface area contributed by atoms with Crippen LogP contribution in [0.1, 0.15) is 32.3 Å². The fourth-order valence-electron chi connectivity index (χ4n) is 1.48. The Labute approximate surface area is 97.0 Å². The second-order valence-corrected chi connectivity index (χ2v) is 5.52. The summed E-state index contributed by atoms with van der Waals surface area (Å²) < 4.78 is 16.5. The Balaban J connectivity index is 2.74. The molecule has 0 aliphatic carbocycles. The van der Waals surface area contributed by atoms with E-state index in [1.165, 1.54) is 5.56 Å². The first-order valence-electron chi connectivity index (χ1n) is 5.67. The molecule has 0 spiro atoms. The third kappa shape index (κ3) is 3.75. The smallest absolute Gasteiger partial charge is 0.321 e. The lowest BCUT2D eigenvalue weighted by molar-refractivity contribution is 0.284. The van der Waals surface area contributed by atoms with Gasteiger partial charge in [0, 0.05) is 0 Å². The van der Waals surface area contributed by atoms with Gasteiger partial charge in [-0.05, 0) is 37.5 Å². The summed E-state index contributed by atoms with van der Waals surface area (Å²) in [7, 11) is -3.59. The van der Waals surface area contributed by atoms with Crippen LogP contribution in [0, 0.1) is 0 Å². The zero-order valence-electron chi connectivity index (χ0n) is 9.85. The highest BCUT2D eigenvalue weighted by atomic mass is 31.2. The fourth-order valence-corrected chi connectivity index (χ4v) is 2.51. The number of benzene rings is 1. The van der Waals surface area contributed by atoms with Gasteiger partial charge in [0.1, 0.15) is 0 Å². The van der Waals surface area contributed by atoms with Crippen LogP contribution in [-0.2, 0) is 15.5 Å². The lowest BCUT2D eigenvalue weighted by atomic mass is 10.1. The van der Waals surface area contributed by atoms with Crippen molar-refractivity contribution in [2.24, 2.45) is 0 Å². The van der Waals surface area contributed by atoms with Crippen molar-refractivity contribution in [1.29, 1.82) is 0 Å². The average molecular weight is 242 g/mol. The highest BCUT2D eigenvalue weighted by molar-refractivity contribution is 7.61. The van der Waals surface area contributed by atoms with Crippen molar-refractivity contribution in [2.45, 2.75) is 33.1 Å². The fraction of sp³-hybridized carbons (Fsp3) is 0.500. The van der Waals surface area contributed by atoms with Crippen molar-refractivity contribution in [3.05, 3.63) is 29.8 Å². The van der Waals surface area contributed by atoms with Crippen molar-refractivity contribution in [1.82, 2.24) is 0 Å². The highest BCUT2D eigenvalue weighted by Gasteiger charge is 2.21. The van der Waals surface area contributed by atoms with Gasteiger partial charge in [-0.3, -0.25) is 4.57 Å². The SMILES string of the molecule is CCCCc1ccc(P(=O)(O)OCC)cc1. The van der Waals surface area contributed by atoms with E-state index in [1.807, 2.05) is 12.1 Å². The first-order valence-corrected chi connectivity index (χ1v) is 7.24. The van der Waals surface area contributed by atoms with Gasteiger partial charge in [-0.15, -0.1) is 0 Å². The van der Waals surface area contributed by atoms with Gasteiger partial charge in [-0.1, -0.05) is 25.5 Å². The zero-order chi connectivity index (χ0) is 12.0. The van der Waals surface area contributed by atoms with Crippen LogP contribution in [-0.4, -0.2) is 11.5 Å². The molecule has 0 saturated heterocycles. The number of hydrogen-bond donors (Lipinski definition) is 1. The summed E-state index contributed by atoms with van der Waals surface area (Å²) in [5.74, 6) is 0. The monoisotopic (exact) mass is 242 g/mol. The van der Waals surface area contributed by atoms with Gasteiger partial charge in [0.15, 0.2) is 0 Å². The van der Waals surface area contributed by atoms with Crippen molar-refractivity contribution in [3.8, 4) is 0 Å². The summed E-state index contributed by atoms with van der Waals surface area (Å²) in [6.45, 7) is 4.09. The molecule has 1 atom stereocenters. The van der Waals surface area contributed by atoms with Crippen molar-refractivity contribution < 1.29 is 14.0 Å². The molecule has 0 aliphatic rings. The van der Waals surface area contributed by atoms with E-state index >= 15 is 0 Å². The van der Waals surface area contributed by atoms with Crippen LogP contribution in [0.15, 0.2) is 24.3 Å². The molecule has 1 unspecified atom stereocenters. The van der Waals surface area contributed by atoms with Crippen LogP contribution in [0.4, 0.5) is 0 Å². The number of unbranched alkanes of at least 4 members (excludes halogenated alkanes) is 1. The summed E-state index contributed by atoms with van der Waals surface area (Å²) in [5, 5.41) is 0.370. The standard InChI is InChI=1S/C12H19O3P/c1-3-5-6-11-7-9-12(10-8-11)16(13,14)15-4-2/h7-10H,3-6H2,1-2H3,(H,13,14). The van der Waals surface area contributed by atoms with Crippen molar-refractivity contribution in [2.75, 3.05) is 6.61 Å². The second kappa shape index (κ2) is 6.19. The van der Waals surface area contributed by atoms with Gasteiger partial charge >= 0.3 is 7.60 Å². The molecule has 90 valence electrons. The summed E-state index contributed by atoms with van der Waals surface area (Å²) in [6, 6.07) is 7.16. The van der Waals surface area contributed by atoms with Gasteiger partial charge in [0.05, 0.1) is 11.9 Å². The zero-order valence-corrected chi connectivity index (χ0v) is 10.7. The molecule has 0 heterocycles. The molecule has 0 aromatic heterocycles. The molecule has 3 nitrogen and oxygen atoms in total. The van der Waals surface area contributed by atoms with E-state index in [1.54, 1.807) is 19.1 Å². The Bertz CT molecular complexity index is 359. The molecule has 0 fully saturated rings. The molecule has 1 aromatic rings. The predicted octanol–water partition coefficient (Wildman–Crippen LogP) is 2.88. The molecule has 1 aromatic carbocycles. The maximum Gasteiger partial charge on any atom is 0.358 e. The third-order valence-electron chi connectivity index (χ3n) is 2.39. The van der Waals surface area contributed by atoms with Crippen LogP contribution in [0.5, 0.6) is 0 Å². The van der Waals surface area contributed by atoms with E-state index in [0.717, 1.165) is 19.3 Å². The first kappa shape index (κ1) is 13.4. The number of aryl methyl sites for hydroxylation is 1. The minimum absolute atomic E-state index is 0.241. The minimum Gasteiger partial charge on any atom is -0.321 e. The topological polar surface area (TPSA) is 46.5 Å². The average Bonchev–Trinajstić information content (AvgIpc) is 2.27. The lowest BCUT2D eigenvalue weighted by Gasteiger charge is -2.11. The Kier molecular flexibility index (Phi) is 5.20. The molecule has 16 heavy (non-hydrogen) atoms. The summed E-state index contributed by atoms with van der Waals surface area (Å²) in [6.07, 6.45) is 3.31. The Morgan fingerprint density at radius 2 is 1.88 bits per heavy atom. The normalized spacial score (nSPS) is 14.7. The van der Waals surface area contributed by atoms with Crippen LogP contribution >= 0.6 is 7.60 Å². The minimum atomic E-state index is -3.59. The Morgan fingerprint density at radius 1 is 1.25 bits per heavy atom. The van der Waals surface area contributed by atoms with Crippen LogP contribution in [0.2, 0.25) is 0 Å². The van der Waals surface area contributed by atoms with Crippen molar-refractivity contribution >= 4 is 12.9 Å². The van der Waals surface area contributed by atoms with E-state index < -0.39 is 7.60 Å². The van der Waals surface area contributed by atoms with Gasteiger partial charge in [-0.2, -0.15) is 0 Å². The summed E-state index contributed by atoms with van der Waals surface area (Å²) in [4.78, 5) is 9.59. The Morgan fingerprint density at radius 3 is 2.38 bits per heavy atom. The van der Waals surface area contributed by atoms with E-state index in [9.17, 15) is 9.46 Å². The summed E-state index contributed by atoms with van der Waals surface area (Å²) in [5.41, 5.74) is 1.20. The van der Waals surface area contributed by atoms with Crippen molar-refractivity contribution in [3.63, 3.8) is 0 Å². The van der Waals surface area contributed by atoms with Gasteiger partial charge in [0.2, 0.25) is 0 Å². The van der Waals surface area contributed by atoms with Gasteiger partial charge in [-0.25, -0.2) is 0 Å². The molecule has 1 rings (SSSR count). The van der Waals surface area contributed by atoms with E-state index in [0.29, 0.717) is 5.30 Å². The molecule has 4 heteroatoms. The third-order valence-corrected chi connectivity index (χ3v) is 3.94. The quantitative estimate of drug-likeness (QED) is 0.780. The van der Waals surface area contributed by atoms with E-state index in [4.69, 9.17) is 4.52 Å². The maximum absolute atomic E-state index is 11.7. The van der Waals surface area contributed by atoms with Gasteiger partial charge < -0.3 is 9.42 Å². The highest BCUT2D eigenvalue weighted by Crippen LogP contribution is 2.40.